The molecule has 0 saturated heterocycles. The largest absolute Gasteiger partial charge is 0.490 e. The van der Waals surface area contributed by atoms with Crippen LogP contribution < -0.4 is 9.47 Å². The van der Waals surface area contributed by atoms with E-state index < -0.39 is 5.91 Å². The SMILES string of the molecule is CCCCOc1ccc(/C=C2/C(=O)N(C3CCCCC3)C(=O)C(C#N)=C2C)cc1OCC. The van der Waals surface area contributed by atoms with E-state index in [1.165, 1.54) is 4.90 Å². The van der Waals surface area contributed by atoms with Crippen LogP contribution in [0.2, 0.25) is 0 Å². The molecule has 0 unspecified atom stereocenters. The lowest BCUT2D eigenvalue weighted by atomic mass is 9.88. The lowest BCUT2D eigenvalue weighted by molar-refractivity contribution is -0.143. The van der Waals surface area contributed by atoms with Gasteiger partial charge in [-0.3, -0.25) is 14.5 Å². The number of nitrogens with zero attached hydrogens (tertiary/aromatic N) is 2. The van der Waals surface area contributed by atoms with Gasteiger partial charge in [0.2, 0.25) is 0 Å². The van der Waals surface area contributed by atoms with Gasteiger partial charge in [0.25, 0.3) is 11.8 Å². The third-order valence-corrected chi connectivity index (χ3v) is 6.05. The Morgan fingerprint density at radius 2 is 1.84 bits per heavy atom. The number of hydrogen-bond acceptors (Lipinski definition) is 5. The Hall–Kier alpha value is -3.07. The monoisotopic (exact) mass is 436 g/mol. The molecule has 170 valence electrons. The Morgan fingerprint density at radius 1 is 1.09 bits per heavy atom. The smallest absolute Gasteiger partial charge is 0.271 e. The molecule has 6 heteroatoms. The second kappa shape index (κ2) is 11.0. The first-order valence-electron chi connectivity index (χ1n) is 11.6. The molecule has 0 spiro atoms. The minimum Gasteiger partial charge on any atom is -0.490 e. The highest BCUT2D eigenvalue weighted by atomic mass is 16.5. The van der Waals surface area contributed by atoms with Crippen molar-refractivity contribution < 1.29 is 19.1 Å². The molecule has 1 saturated carbocycles. The number of ether oxygens (including phenoxy) is 2. The van der Waals surface area contributed by atoms with Gasteiger partial charge in [0.05, 0.1) is 13.2 Å². The van der Waals surface area contributed by atoms with Gasteiger partial charge < -0.3 is 9.47 Å². The fourth-order valence-corrected chi connectivity index (χ4v) is 4.27. The Labute approximate surface area is 190 Å². The molecule has 2 aliphatic rings. The molecule has 1 aromatic rings. The van der Waals surface area contributed by atoms with E-state index in [0.717, 1.165) is 50.5 Å². The molecular weight excluding hydrogens is 404 g/mol. The van der Waals surface area contributed by atoms with Crippen LogP contribution in [-0.4, -0.2) is 36.0 Å². The average molecular weight is 437 g/mol. The predicted molar refractivity (Wildman–Crippen MR) is 123 cm³/mol. The molecule has 1 fully saturated rings. The summed E-state index contributed by atoms with van der Waals surface area (Å²) in [6.07, 6.45) is 8.42. The molecular formula is C26H32N2O4. The number of carbonyl (C=O) groups excluding carboxylic acids is 2. The first-order chi connectivity index (χ1) is 15.5. The van der Waals surface area contributed by atoms with E-state index in [-0.39, 0.29) is 17.5 Å². The van der Waals surface area contributed by atoms with Crippen LogP contribution >= 0.6 is 0 Å². The summed E-state index contributed by atoms with van der Waals surface area (Å²) in [7, 11) is 0. The fourth-order valence-electron chi connectivity index (χ4n) is 4.27. The zero-order valence-corrected chi connectivity index (χ0v) is 19.3. The Morgan fingerprint density at radius 3 is 2.50 bits per heavy atom. The molecule has 6 nitrogen and oxygen atoms in total. The number of carbonyl (C=O) groups is 2. The molecule has 1 heterocycles. The van der Waals surface area contributed by atoms with Crippen molar-refractivity contribution in [3.63, 3.8) is 0 Å². The van der Waals surface area contributed by atoms with Crippen LogP contribution in [0.15, 0.2) is 34.9 Å². The summed E-state index contributed by atoms with van der Waals surface area (Å²) in [6, 6.07) is 7.43. The van der Waals surface area contributed by atoms with E-state index in [9.17, 15) is 14.9 Å². The summed E-state index contributed by atoms with van der Waals surface area (Å²) < 4.78 is 11.6. The van der Waals surface area contributed by atoms with E-state index in [2.05, 4.69) is 6.92 Å². The van der Waals surface area contributed by atoms with Gasteiger partial charge in [0, 0.05) is 11.6 Å². The van der Waals surface area contributed by atoms with E-state index in [1.54, 1.807) is 13.0 Å². The third kappa shape index (κ3) is 5.04. The zero-order chi connectivity index (χ0) is 23.1. The summed E-state index contributed by atoms with van der Waals surface area (Å²) in [6.45, 7) is 6.79. The van der Waals surface area contributed by atoms with Crippen LogP contribution in [0.1, 0.15) is 71.3 Å². The van der Waals surface area contributed by atoms with E-state index in [4.69, 9.17) is 9.47 Å². The van der Waals surface area contributed by atoms with Crippen LogP contribution in [0.25, 0.3) is 6.08 Å². The number of imide groups is 1. The van der Waals surface area contributed by atoms with Gasteiger partial charge in [-0.05, 0) is 62.5 Å². The van der Waals surface area contributed by atoms with Crippen LogP contribution in [0.3, 0.4) is 0 Å². The second-order valence-corrected chi connectivity index (χ2v) is 8.28. The summed E-state index contributed by atoms with van der Waals surface area (Å²) >= 11 is 0. The highest BCUT2D eigenvalue weighted by Crippen LogP contribution is 2.34. The minimum atomic E-state index is -0.464. The van der Waals surface area contributed by atoms with Crippen molar-refractivity contribution in [1.29, 1.82) is 5.26 Å². The summed E-state index contributed by atoms with van der Waals surface area (Å²) in [5.41, 5.74) is 1.62. The zero-order valence-electron chi connectivity index (χ0n) is 19.3. The van der Waals surface area contributed by atoms with Crippen LogP contribution in [0, 0.1) is 11.3 Å². The first-order valence-corrected chi connectivity index (χ1v) is 11.6. The molecule has 0 bridgehead atoms. The van der Waals surface area contributed by atoms with Gasteiger partial charge in [0.15, 0.2) is 11.5 Å². The van der Waals surface area contributed by atoms with Gasteiger partial charge in [0.1, 0.15) is 11.6 Å². The first kappa shape index (κ1) is 23.6. The molecule has 2 amide bonds. The molecule has 0 radical (unpaired) electrons. The van der Waals surface area contributed by atoms with Crippen molar-refractivity contribution >= 4 is 17.9 Å². The van der Waals surface area contributed by atoms with Crippen molar-refractivity contribution in [1.82, 2.24) is 4.90 Å². The molecule has 0 aromatic heterocycles. The predicted octanol–water partition coefficient (Wildman–Crippen LogP) is 5.19. The number of unbranched alkanes of at least 4 members (excludes halogenated alkanes) is 1. The Kier molecular flexibility index (Phi) is 8.10. The maximum atomic E-state index is 13.4. The number of rotatable bonds is 8. The van der Waals surface area contributed by atoms with Gasteiger partial charge in [-0.2, -0.15) is 5.26 Å². The standard InChI is InChI=1S/C26H32N2O4/c1-4-6-14-32-23-13-12-19(16-24(23)31-5-2)15-21-18(3)22(17-27)26(30)28(25(21)29)20-10-8-7-9-11-20/h12-13,15-16,20H,4-11,14H2,1-3H3/b21-15+. The fraction of sp³-hybridized carbons (Fsp3) is 0.500. The highest BCUT2D eigenvalue weighted by molar-refractivity contribution is 6.19. The quantitative estimate of drug-likeness (QED) is 0.318. The van der Waals surface area contributed by atoms with Gasteiger partial charge in [-0.1, -0.05) is 38.7 Å². The van der Waals surface area contributed by atoms with E-state index in [0.29, 0.717) is 35.9 Å². The maximum absolute atomic E-state index is 13.4. The van der Waals surface area contributed by atoms with Crippen molar-refractivity contribution in [3.05, 3.63) is 40.5 Å². The highest BCUT2D eigenvalue weighted by Gasteiger charge is 2.39. The second-order valence-electron chi connectivity index (χ2n) is 8.28. The van der Waals surface area contributed by atoms with Crippen molar-refractivity contribution in [2.45, 2.75) is 71.8 Å². The molecule has 0 atom stereocenters. The number of nitriles is 1. The number of hydrogen-bond donors (Lipinski definition) is 0. The van der Waals surface area contributed by atoms with Crippen LogP contribution in [-0.2, 0) is 9.59 Å². The molecule has 1 aliphatic heterocycles. The number of benzene rings is 1. The lowest BCUT2D eigenvalue weighted by Crippen LogP contribution is -2.49. The van der Waals surface area contributed by atoms with Crippen molar-refractivity contribution in [3.8, 4) is 17.6 Å². The van der Waals surface area contributed by atoms with Crippen molar-refractivity contribution in [2.75, 3.05) is 13.2 Å². The van der Waals surface area contributed by atoms with Gasteiger partial charge >= 0.3 is 0 Å². The lowest BCUT2D eigenvalue weighted by Gasteiger charge is -2.36. The summed E-state index contributed by atoms with van der Waals surface area (Å²) in [5.74, 6) is 0.498. The maximum Gasteiger partial charge on any atom is 0.271 e. The topological polar surface area (TPSA) is 79.6 Å². The minimum absolute atomic E-state index is 0.0472. The number of amides is 2. The van der Waals surface area contributed by atoms with E-state index >= 15 is 0 Å². The molecule has 3 rings (SSSR count). The Bertz CT molecular complexity index is 965. The molecule has 1 aromatic carbocycles. The molecule has 32 heavy (non-hydrogen) atoms. The van der Waals surface area contributed by atoms with Crippen molar-refractivity contribution in [2.24, 2.45) is 0 Å². The molecule has 0 N–H and O–H groups in total. The summed E-state index contributed by atoms with van der Waals surface area (Å²) in [5, 5.41) is 9.64. The van der Waals surface area contributed by atoms with Crippen LogP contribution in [0.4, 0.5) is 0 Å². The average Bonchev–Trinajstić information content (AvgIpc) is 2.79. The normalized spacial score (nSPS) is 18.8. The van der Waals surface area contributed by atoms with Gasteiger partial charge in [-0.15, -0.1) is 0 Å². The summed E-state index contributed by atoms with van der Waals surface area (Å²) in [4.78, 5) is 27.7. The third-order valence-electron chi connectivity index (χ3n) is 6.05. The van der Waals surface area contributed by atoms with Gasteiger partial charge in [-0.25, -0.2) is 0 Å². The van der Waals surface area contributed by atoms with E-state index in [1.807, 2.05) is 31.2 Å². The van der Waals surface area contributed by atoms with Crippen LogP contribution in [0.5, 0.6) is 11.5 Å². The Balaban J connectivity index is 1.98. The molecule has 1 aliphatic carbocycles.